The quantitative estimate of drug-likeness (QED) is 0.738. The molecule has 2 amide bonds. The number of nitrogens with one attached hydrogen (secondary N) is 1. The third kappa shape index (κ3) is 1.73. The minimum atomic E-state index is -0.229. The number of hydrogen-bond acceptors (Lipinski definition) is 2. The second-order valence-corrected chi connectivity index (χ2v) is 4.41. The zero-order valence-corrected chi connectivity index (χ0v) is 9.32. The molecule has 3 atom stereocenters. The first kappa shape index (κ1) is 10.5. The van der Waals surface area contributed by atoms with Gasteiger partial charge in [0.1, 0.15) is 6.04 Å². The molecule has 0 bridgehead atoms. The van der Waals surface area contributed by atoms with Crippen LogP contribution in [0.4, 0.5) is 0 Å². The van der Waals surface area contributed by atoms with Crippen LogP contribution < -0.4 is 5.32 Å². The van der Waals surface area contributed by atoms with E-state index in [9.17, 15) is 9.59 Å². The second kappa shape index (κ2) is 3.83. The van der Waals surface area contributed by atoms with E-state index in [0.717, 1.165) is 12.8 Å². The molecular formula is C11H18N2O2. The van der Waals surface area contributed by atoms with Gasteiger partial charge in [-0.15, -0.1) is 0 Å². The lowest BCUT2D eigenvalue weighted by atomic mass is 10.1. The monoisotopic (exact) mass is 210 g/mol. The van der Waals surface area contributed by atoms with Crippen LogP contribution >= 0.6 is 0 Å². The summed E-state index contributed by atoms with van der Waals surface area (Å²) in [6.45, 7) is 4.28. The fourth-order valence-corrected chi connectivity index (χ4v) is 2.48. The molecule has 1 aliphatic heterocycles. The van der Waals surface area contributed by atoms with Crippen LogP contribution in [0.5, 0.6) is 0 Å². The molecule has 2 aliphatic rings. The first-order chi connectivity index (χ1) is 7.19. The van der Waals surface area contributed by atoms with Gasteiger partial charge in [-0.25, -0.2) is 0 Å². The van der Waals surface area contributed by atoms with Crippen molar-refractivity contribution in [2.45, 2.75) is 45.2 Å². The highest BCUT2D eigenvalue weighted by molar-refractivity contribution is 5.95. The molecule has 3 unspecified atom stereocenters. The Morgan fingerprint density at radius 3 is 2.60 bits per heavy atom. The Balaban J connectivity index is 2.11. The molecule has 1 heterocycles. The van der Waals surface area contributed by atoms with Gasteiger partial charge in [0.15, 0.2) is 0 Å². The van der Waals surface area contributed by atoms with Crippen LogP contribution in [-0.2, 0) is 9.59 Å². The average Bonchev–Trinajstić information content (AvgIpc) is 3.00. The predicted molar refractivity (Wildman–Crippen MR) is 56.1 cm³/mol. The Morgan fingerprint density at radius 1 is 1.33 bits per heavy atom. The Labute approximate surface area is 90.0 Å². The van der Waals surface area contributed by atoms with E-state index in [2.05, 4.69) is 12.2 Å². The van der Waals surface area contributed by atoms with E-state index in [0.29, 0.717) is 18.4 Å². The molecular weight excluding hydrogens is 192 g/mol. The maximum atomic E-state index is 11.8. The Morgan fingerprint density at radius 2 is 2.07 bits per heavy atom. The zero-order valence-electron chi connectivity index (χ0n) is 9.32. The lowest BCUT2D eigenvalue weighted by Crippen LogP contribution is -2.59. The maximum Gasteiger partial charge on any atom is 0.243 e. The fourth-order valence-electron chi connectivity index (χ4n) is 2.48. The first-order valence-electron chi connectivity index (χ1n) is 5.77. The molecule has 0 aromatic rings. The van der Waals surface area contributed by atoms with Gasteiger partial charge in [-0.3, -0.25) is 9.59 Å². The molecule has 1 N–H and O–H groups in total. The molecule has 2 rings (SSSR count). The SMILES string of the molecule is CCC1CC1N1C(=O)CNC(=O)C1CC. The topological polar surface area (TPSA) is 49.4 Å². The van der Waals surface area contributed by atoms with Gasteiger partial charge in [0, 0.05) is 6.04 Å². The van der Waals surface area contributed by atoms with E-state index in [1.165, 1.54) is 0 Å². The van der Waals surface area contributed by atoms with Gasteiger partial charge >= 0.3 is 0 Å². The molecule has 1 saturated carbocycles. The number of carbonyl (C=O) groups excluding carboxylic acids is 2. The van der Waals surface area contributed by atoms with E-state index in [1.807, 2.05) is 11.8 Å². The van der Waals surface area contributed by atoms with Crippen LogP contribution in [0.25, 0.3) is 0 Å². The van der Waals surface area contributed by atoms with Gasteiger partial charge < -0.3 is 10.2 Å². The number of rotatable bonds is 3. The normalized spacial score (nSPS) is 35.3. The van der Waals surface area contributed by atoms with E-state index in [1.54, 1.807) is 0 Å². The molecule has 4 heteroatoms. The van der Waals surface area contributed by atoms with E-state index in [4.69, 9.17) is 0 Å². The summed E-state index contributed by atoms with van der Waals surface area (Å²) in [5.41, 5.74) is 0. The van der Waals surface area contributed by atoms with E-state index in [-0.39, 0.29) is 24.4 Å². The number of carbonyl (C=O) groups is 2. The predicted octanol–water partition coefficient (Wildman–Crippen LogP) is 0.522. The minimum absolute atomic E-state index is 0.0128. The minimum Gasteiger partial charge on any atom is -0.345 e. The van der Waals surface area contributed by atoms with Crippen molar-refractivity contribution in [2.24, 2.45) is 5.92 Å². The van der Waals surface area contributed by atoms with E-state index < -0.39 is 0 Å². The van der Waals surface area contributed by atoms with Crippen LogP contribution in [0.1, 0.15) is 33.1 Å². The van der Waals surface area contributed by atoms with Gasteiger partial charge in [0.05, 0.1) is 6.54 Å². The summed E-state index contributed by atoms with van der Waals surface area (Å²) < 4.78 is 0. The van der Waals surface area contributed by atoms with Gasteiger partial charge in [-0.2, -0.15) is 0 Å². The molecule has 2 fully saturated rings. The second-order valence-electron chi connectivity index (χ2n) is 4.41. The smallest absolute Gasteiger partial charge is 0.243 e. The van der Waals surface area contributed by atoms with Crippen LogP contribution in [-0.4, -0.2) is 35.3 Å². The largest absolute Gasteiger partial charge is 0.345 e. The molecule has 1 saturated heterocycles. The van der Waals surface area contributed by atoms with Crippen molar-refractivity contribution in [1.82, 2.24) is 10.2 Å². The van der Waals surface area contributed by atoms with E-state index >= 15 is 0 Å². The van der Waals surface area contributed by atoms with Gasteiger partial charge in [-0.05, 0) is 18.8 Å². The summed E-state index contributed by atoms with van der Waals surface area (Å²) in [5.74, 6) is 0.718. The standard InChI is InChI=1S/C11H18N2O2/c1-3-7-5-9(7)13-8(4-2)11(15)12-6-10(13)14/h7-9H,3-6H2,1-2H3,(H,12,15). The van der Waals surface area contributed by atoms with Gasteiger partial charge in [-0.1, -0.05) is 20.3 Å². The van der Waals surface area contributed by atoms with Gasteiger partial charge in [0.25, 0.3) is 0 Å². The lowest BCUT2D eigenvalue weighted by Gasteiger charge is -2.35. The molecule has 0 spiro atoms. The Bertz CT molecular complexity index is 290. The van der Waals surface area contributed by atoms with Crippen LogP contribution in [0, 0.1) is 5.92 Å². The van der Waals surface area contributed by atoms with Gasteiger partial charge in [0.2, 0.25) is 11.8 Å². The third-order valence-electron chi connectivity index (χ3n) is 3.49. The number of hydrogen-bond donors (Lipinski definition) is 1. The highest BCUT2D eigenvalue weighted by Gasteiger charge is 2.48. The highest BCUT2D eigenvalue weighted by atomic mass is 16.2. The Hall–Kier alpha value is -1.06. The average molecular weight is 210 g/mol. The summed E-state index contributed by atoms with van der Waals surface area (Å²) in [4.78, 5) is 25.2. The number of nitrogens with zero attached hydrogens (tertiary/aromatic N) is 1. The first-order valence-corrected chi connectivity index (χ1v) is 5.77. The molecule has 0 aromatic heterocycles. The summed E-state index contributed by atoms with van der Waals surface area (Å²) in [6, 6.07) is 0.103. The van der Waals surface area contributed by atoms with Crippen molar-refractivity contribution < 1.29 is 9.59 Å². The van der Waals surface area contributed by atoms with Crippen molar-refractivity contribution in [3.63, 3.8) is 0 Å². The molecule has 1 aliphatic carbocycles. The maximum absolute atomic E-state index is 11.8. The fraction of sp³-hybridized carbons (Fsp3) is 0.818. The molecule has 0 aromatic carbocycles. The van der Waals surface area contributed by atoms with Crippen molar-refractivity contribution in [3.05, 3.63) is 0 Å². The number of piperazine rings is 1. The van der Waals surface area contributed by atoms with Crippen molar-refractivity contribution in [1.29, 1.82) is 0 Å². The summed E-state index contributed by atoms with van der Waals surface area (Å²) in [6.07, 6.45) is 2.89. The summed E-state index contributed by atoms with van der Waals surface area (Å²) in [7, 11) is 0. The summed E-state index contributed by atoms with van der Waals surface area (Å²) >= 11 is 0. The molecule has 4 nitrogen and oxygen atoms in total. The van der Waals surface area contributed by atoms with Crippen LogP contribution in [0.2, 0.25) is 0 Å². The van der Waals surface area contributed by atoms with Crippen molar-refractivity contribution >= 4 is 11.8 Å². The molecule has 84 valence electrons. The number of amides is 2. The third-order valence-corrected chi connectivity index (χ3v) is 3.49. The van der Waals surface area contributed by atoms with Crippen LogP contribution in [0.3, 0.4) is 0 Å². The zero-order chi connectivity index (χ0) is 11.0. The van der Waals surface area contributed by atoms with Crippen molar-refractivity contribution in [3.8, 4) is 0 Å². The lowest BCUT2D eigenvalue weighted by molar-refractivity contribution is -0.146. The summed E-state index contributed by atoms with van der Waals surface area (Å²) in [5, 5.41) is 2.65. The Kier molecular flexibility index (Phi) is 2.67. The van der Waals surface area contributed by atoms with Crippen LogP contribution in [0.15, 0.2) is 0 Å². The molecule has 15 heavy (non-hydrogen) atoms. The molecule has 0 radical (unpaired) electrons. The van der Waals surface area contributed by atoms with Crippen molar-refractivity contribution in [2.75, 3.05) is 6.54 Å². The highest BCUT2D eigenvalue weighted by Crippen LogP contribution is 2.40.